The van der Waals surface area contributed by atoms with Gasteiger partial charge in [-0.1, -0.05) is 12.8 Å². The molecule has 1 N–H and O–H groups in total. The van der Waals surface area contributed by atoms with Gasteiger partial charge in [0.05, 0.1) is 12.4 Å². The summed E-state index contributed by atoms with van der Waals surface area (Å²) < 4.78 is 0. The van der Waals surface area contributed by atoms with Crippen LogP contribution in [-0.4, -0.2) is 21.8 Å². The minimum Gasteiger partial charge on any atom is -0.369 e. The average Bonchev–Trinajstić information content (AvgIpc) is 2.71. The molecule has 1 aromatic heterocycles. The predicted octanol–water partition coefficient (Wildman–Crippen LogP) is 2.94. The number of hydrogen-bond acceptors (Lipinski definition) is 4. The fourth-order valence-electron chi connectivity index (χ4n) is 1.85. The monoisotopic (exact) mass is 223 g/mol. The van der Waals surface area contributed by atoms with Crippen LogP contribution in [0.15, 0.2) is 17.4 Å². The zero-order valence-electron chi connectivity index (χ0n) is 9.07. The molecule has 0 radical (unpaired) electrons. The minimum atomic E-state index is 0.760. The maximum absolute atomic E-state index is 4.52. The van der Waals surface area contributed by atoms with Crippen molar-refractivity contribution in [2.24, 2.45) is 0 Å². The molecular weight excluding hydrogens is 206 g/mol. The van der Waals surface area contributed by atoms with E-state index < -0.39 is 0 Å². The van der Waals surface area contributed by atoms with E-state index in [0.717, 1.165) is 22.6 Å². The number of nitrogens with zero attached hydrogens (tertiary/aromatic N) is 2. The van der Waals surface area contributed by atoms with Gasteiger partial charge in [0.15, 0.2) is 0 Å². The molecule has 1 aliphatic rings. The standard InChI is InChI=1S/C11H17N3S/c1-2-13-10-7-12-8-11(14-10)15-9-5-3-4-6-9/h7-9H,2-6H2,1H3,(H,13,14). The first-order chi connectivity index (χ1) is 7.38. The third kappa shape index (κ3) is 3.09. The molecule has 1 aliphatic carbocycles. The Morgan fingerprint density at radius 1 is 1.40 bits per heavy atom. The van der Waals surface area contributed by atoms with Crippen molar-refractivity contribution >= 4 is 17.6 Å². The normalized spacial score (nSPS) is 16.9. The lowest BCUT2D eigenvalue weighted by molar-refractivity contribution is 0.886. The van der Waals surface area contributed by atoms with Crippen LogP contribution < -0.4 is 5.32 Å². The van der Waals surface area contributed by atoms with E-state index >= 15 is 0 Å². The Morgan fingerprint density at radius 2 is 2.20 bits per heavy atom. The molecule has 1 saturated carbocycles. The van der Waals surface area contributed by atoms with Crippen LogP contribution in [0.25, 0.3) is 0 Å². The second kappa shape index (κ2) is 5.35. The van der Waals surface area contributed by atoms with Gasteiger partial charge in [0, 0.05) is 11.8 Å². The average molecular weight is 223 g/mol. The molecule has 1 aromatic rings. The van der Waals surface area contributed by atoms with E-state index in [0.29, 0.717) is 0 Å². The Bertz CT molecular complexity index is 310. The molecule has 15 heavy (non-hydrogen) atoms. The predicted molar refractivity (Wildman–Crippen MR) is 64.3 cm³/mol. The second-order valence-electron chi connectivity index (χ2n) is 3.80. The van der Waals surface area contributed by atoms with E-state index in [1.54, 1.807) is 6.20 Å². The van der Waals surface area contributed by atoms with Gasteiger partial charge in [-0.2, -0.15) is 0 Å². The molecule has 0 aliphatic heterocycles. The van der Waals surface area contributed by atoms with Gasteiger partial charge in [0.1, 0.15) is 10.8 Å². The van der Waals surface area contributed by atoms with Crippen molar-refractivity contribution in [3.8, 4) is 0 Å². The fourth-order valence-corrected chi connectivity index (χ4v) is 3.03. The van der Waals surface area contributed by atoms with Crippen LogP contribution in [0.3, 0.4) is 0 Å². The highest BCUT2D eigenvalue weighted by Gasteiger charge is 2.16. The second-order valence-corrected chi connectivity index (χ2v) is 5.12. The van der Waals surface area contributed by atoms with Crippen molar-refractivity contribution in [3.05, 3.63) is 12.4 Å². The molecule has 0 amide bonds. The SMILES string of the molecule is CCNc1cncc(SC2CCCC2)n1. The summed E-state index contributed by atoms with van der Waals surface area (Å²) in [4.78, 5) is 8.71. The summed E-state index contributed by atoms with van der Waals surface area (Å²) >= 11 is 1.88. The van der Waals surface area contributed by atoms with Gasteiger partial charge in [0.25, 0.3) is 0 Å². The first-order valence-corrected chi connectivity index (χ1v) is 6.49. The largest absolute Gasteiger partial charge is 0.369 e. The maximum atomic E-state index is 4.52. The summed E-state index contributed by atoms with van der Waals surface area (Å²) in [6.07, 6.45) is 9.05. The molecule has 0 unspecified atom stereocenters. The molecule has 0 aromatic carbocycles. The zero-order chi connectivity index (χ0) is 10.5. The molecule has 82 valence electrons. The number of aromatic nitrogens is 2. The van der Waals surface area contributed by atoms with Crippen molar-refractivity contribution in [2.45, 2.75) is 42.9 Å². The summed E-state index contributed by atoms with van der Waals surface area (Å²) in [6.45, 7) is 2.96. The smallest absolute Gasteiger partial charge is 0.145 e. The van der Waals surface area contributed by atoms with E-state index in [4.69, 9.17) is 0 Å². The van der Waals surface area contributed by atoms with Crippen LogP contribution in [0.1, 0.15) is 32.6 Å². The molecule has 0 atom stereocenters. The fraction of sp³-hybridized carbons (Fsp3) is 0.636. The van der Waals surface area contributed by atoms with Crippen LogP contribution in [-0.2, 0) is 0 Å². The Balaban J connectivity index is 1.97. The van der Waals surface area contributed by atoms with Crippen molar-refractivity contribution in [1.82, 2.24) is 9.97 Å². The van der Waals surface area contributed by atoms with Crippen molar-refractivity contribution in [1.29, 1.82) is 0 Å². The lowest BCUT2D eigenvalue weighted by atomic mass is 10.4. The molecular formula is C11H17N3S. The van der Waals surface area contributed by atoms with Gasteiger partial charge in [-0.25, -0.2) is 4.98 Å². The molecule has 4 heteroatoms. The summed E-state index contributed by atoms with van der Waals surface area (Å²) in [5.74, 6) is 0.889. The van der Waals surface area contributed by atoms with Gasteiger partial charge in [-0.05, 0) is 19.8 Å². The Morgan fingerprint density at radius 3 is 2.93 bits per heavy atom. The maximum Gasteiger partial charge on any atom is 0.145 e. The third-order valence-corrected chi connectivity index (χ3v) is 3.80. The van der Waals surface area contributed by atoms with Crippen molar-refractivity contribution in [3.63, 3.8) is 0 Å². The topological polar surface area (TPSA) is 37.8 Å². The molecule has 3 nitrogen and oxygen atoms in total. The third-order valence-electron chi connectivity index (χ3n) is 2.56. The molecule has 2 rings (SSSR count). The Labute approximate surface area is 95.1 Å². The molecule has 1 heterocycles. The highest BCUT2D eigenvalue weighted by Crippen LogP contribution is 2.33. The van der Waals surface area contributed by atoms with E-state index in [1.807, 2.05) is 18.0 Å². The molecule has 0 saturated heterocycles. The van der Waals surface area contributed by atoms with E-state index in [-0.39, 0.29) is 0 Å². The Hall–Kier alpha value is -0.770. The van der Waals surface area contributed by atoms with Crippen LogP contribution in [0.4, 0.5) is 5.82 Å². The first kappa shape index (κ1) is 10.7. The van der Waals surface area contributed by atoms with Crippen LogP contribution in [0.5, 0.6) is 0 Å². The summed E-state index contributed by atoms with van der Waals surface area (Å²) in [7, 11) is 0. The van der Waals surface area contributed by atoms with Crippen LogP contribution >= 0.6 is 11.8 Å². The summed E-state index contributed by atoms with van der Waals surface area (Å²) in [6, 6.07) is 0. The lowest BCUT2D eigenvalue weighted by Gasteiger charge is -2.08. The van der Waals surface area contributed by atoms with E-state index in [2.05, 4.69) is 22.2 Å². The van der Waals surface area contributed by atoms with Gasteiger partial charge in [0.2, 0.25) is 0 Å². The number of rotatable bonds is 4. The van der Waals surface area contributed by atoms with E-state index in [9.17, 15) is 0 Å². The van der Waals surface area contributed by atoms with Gasteiger partial charge < -0.3 is 5.32 Å². The summed E-state index contributed by atoms with van der Waals surface area (Å²) in [5.41, 5.74) is 0. The molecule has 1 fully saturated rings. The Kier molecular flexibility index (Phi) is 3.83. The van der Waals surface area contributed by atoms with Crippen LogP contribution in [0.2, 0.25) is 0 Å². The highest BCUT2D eigenvalue weighted by molar-refractivity contribution is 7.99. The van der Waals surface area contributed by atoms with Gasteiger partial charge >= 0.3 is 0 Å². The lowest BCUT2D eigenvalue weighted by Crippen LogP contribution is -2.01. The minimum absolute atomic E-state index is 0.760. The molecule has 0 bridgehead atoms. The number of thioether (sulfide) groups is 1. The van der Waals surface area contributed by atoms with Gasteiger partial charge in [-0.3, -0.25) is 4.98 Å². The quantitative estimate of drug-likeness (QED) is 0.851. The first-order valence-electron chi connectivity index (χ1n) is 5.61. The van der Waals surface area contributed by atoms with Gasteiger partial charge in [-0.15, -0.1) is 11.8 Å². The molecule has 0 spiro atoms. The van der Waals surface area contributed by atoms with E-state index in [1.165, 1.54) is 25.7 Å². The zero-order valence-corrected chi connectivity index (χ0v) is 9.89. The van der Waals surface area contributed by atoms with Crippen molar-refractivity contribution in [2.75, 3.05) is 11.9 Å². The van der Waals surface area contributed by atoms with Crippen molar-refractivity contribution < 1.29 is 0 Å². The number of hydrogen-bond donors (Lipinski definition) is 1. The summed E-state index contributed by atoms with van der Waals surface area (Å²) in [5, 5.41) is 5.00. The number of anilines is 1. The highest BCUT2D eigenvalue weighted by atomic mass is 32.2. The number of nitrogens with one attached hydrogen (secondary N) is 1. The van der Waals surface area contributed by atoms with Crippen LogP contribution in [0, 0.1) is 0 Å².